The summed E-state index contributed by atoms with van der Waals surface area (Å²) >= 11 is 0. The molecule has 5 heteroatoms. The molecule has 1 N–H and O–H groups in total. The third kappa shape index (κ3) is 4.00. The molecule has 0 aromatic carbocycles. The number of likely N-dealkylation sites (N-methyl/N-ethyl adjacent to an activating group) is 1. The van der Waals surface area contributed by atoms with Gasteiger partial charge in [0.15, 0.2) is 0 Å². The zero-order valence-electron chi connectivity index (χ0n) is 10.9. The fraction of sp³-hybridized carbons (Fsp3) is 0.833. The molecular formula is C12H22N2O3. The molecule has 0 aromatic rings. The van der Waals surface area contributed by atoms with Crippen molar-refractivity contribution >= 4 is 11.9 Å². The van der Waals surface area contributed by atoms with Crippen LogP contribution in [-0.4, -0.2) is 50.1 Å². The molecule has 98 valence electrons. The summed E-state index contributed by atoms with van der Waals surface area (Å²) in [5.74, 6) is -0.487. The molecule has 5 nitrogen and oxygen atoms in total. The van der Waals surface area contributed by atoms with Crippen molar-refractivity contribution in [3.05, 3.63) is 0 Å². The minimum absolute atomic E-state index is 0.0699. The molecular weight excluding hydrogens is 220 g/mol. The Labute approximate surface area is 102 Å². The molecule has 0 aliphatic carbocycles. The number of nitrogens with one attached hydrogen (secondary N) is 1. The first kappa shape index (κ1) is 14.0. The van der Waals surface area contributed by atoms with E-state index in [2.05, 4.69) is 10.1 Å². The summed E-state index contributed by atoms with van der Waals surface area (Å²) in [5.41, 5.74) is 0. The average Bonchev–Trinajstić information content (AvgIpc) is 2.37. The summed E-state index contributed by atoms with van der Waals surface area (Å²) in [7, 11) is 3.10. The number of rotatable bonds is 4. The van der Waals surface area contributed by atoms with Crippen LogP contribution in [0.5, 0.6) is 0 Å². The molecule has 17 heavy (non-hydrogen) atoms. The van der Waals surface area contributed by atoms with Gasteiger partial charge in [-0.3, -0.25) is 9.59 Å². The number of esters is 1. The smallest absolute Gasteiger partial charge is 0.310 e. The van der Waals surface area contributed by atoms with Gasteiger partial charge in [-0.2, -0.15) is 0 Å². The zero-order chi connectivity index (χ0) is 12.8. The van der Waals surface area contributed by atoms with E-state index in [1.54, 1.807) is 18.9 Å². The summed E-state index contributed by atoms with van der Waals surface area (Å²) in [6, 6.07) is -0.0846. The monoisotopic (exact) mass is 242 g/mol. The fourth-order valence-corrected chi connectivity index (χ4v) is 2.11. The molecule has 1 rings (SSSR count). The normalized spacial score (nSPS) is 21.7. The van der Waals surface area contributed by atoms with Gasteiger partial charge in [0.25, 0.3) is 0 Å². The van der Waals surface area contributed by atoms with Crippen LogP contribution in [0.3, 0.4) is 0 Å². The van der Waals surface area contributed by atoms with Gasteiger partial charge in [0.2, 0.25) is 5.91 Å². The van der Waals surface area contributed by atoms with Crippen LogP contribution in [0.25, 0.3) is 0 Å². The molecule has 2 atom stereocenters. The van der Waals surface area contributed by atoms with Gasteiger partial charge in [-0.25, -0.2) is 0 Å². The fourth-order valence-electron chi connectivity index (χ4n) is 2.11. The highest BCUT2D eigenvalue weighted by atomic mass is 16.5. The number of nitrogens with zero attached hydrogens (tertiary/aromatic N) is 1. The van der Waals surface area contributed by atoms with Gasteiger partial charge in [0, 0.05) is 13.6 Å². The predicted molar refractivity (Wildman–Crippen MR) is 64.5 cm³/mol. The van der Waals surface area contributed by atoms with E-state index in [0.29, 0.717) is 6.54 Å². The second-order valence-corrected chi connectivity index (χ2v) is 4.65. The standard InChI is InChI=1S/C12H22N2O3/c1-9(12(16)17-3)8-14(2)11(15)10-6-4-5-7-13-10/h9-10,13H,4-8H2,1-3H3/t9?,10-/m0/s1. The van der Waals surface area contributed by atoms with E-state index in [1.165, 1.54) is 7.11 Å². The van der Waals surface area contributed by atoms with Crippen molar-refractivity contribution in [3.63, 3.8) is 0 Å². The van der Waals surface area contributed by atoms with Gasteiger partial charge in [0.1, 0.15) is 0 Å². The van der Waals surface area contributed by atoms with E-state index in [9.17, 15) is 9.59 Å². The van der Waals surface area contributed by atoms with Gasteiger partial charge in [0.05, 0.1) is 19.1 Å². The summed E-state index contributed by atoms with van der Waals surface area (Å²) in [6.45, 7) is 3.07. The quantitative estimate of drug-likeness (QED) is 0.725. The Morgan fingerprint density at radius 1 is 1.47 bits per heavy atom. The minimum atomic E-state index is -0.280. The molecule has 0 aromatic heterocycles. The van der Waals surface area contributed by atoms with Crippen LogP contribution >= 0.6 is 0 Å². The van der Waals surface area contributed by atoms with E-state index in [1.807, 2.05) is 0 Å². The molecule has 0 spiro atoms. The van der Waals surface area contributed by atoms with Crippen molar-refractivity contribution in [2.45, 2.75) is 32.2 Å². The average molecular weight is 242 g/mol. The molecule has 0 bridgehead atoms. The first-order valence-electron chi connectivity index (χ1n) is 6.12. The lowest BCUT2D eigenvalue weighted by atomic mass is 10.0. The van der Waals surface area contributed by atoms with Gasteiger partial charge < -0.3 is 15.0 Å². The number of amides is 1. The van der Waals surface area contributed by atoms with E-state index in [-0.39, 0.29) is 23.8 Å². The number of piperidine rings is 1. The Morgan fingerprint density at radius 3 is 2.71 bits per heavy atom. The third-order valence-corrected chi connectivity index (χ3v) is 3.14. The van der Waals surface area contributed by atoms with Crippen molar-refractivity contribution in [2.75, 3.05) is 27.2 Å². The topological polar surface area (TPSA) is 58.6 Å². The van der Waals surface area contributed by atoms with E-state index >= 15 is 0 Å². The summed E-state index contributed by atoms with van der Waals surface area (Å²) in [5, 5.41) is 3.21. The first-order chi connectivity index (χ1) is 8.06. The number of carbonyl (C=O) groups is 2. The van der Waals surface area contributed by atoms with Crippen LogP contribution in [0.1, 0.15) is 26.2 Å². The molecule has 0 radical (unpaired) electrons. The van der Waals surface area contributed by atoms with E-state index < -0.39 is 0 Å². The zero-order valence-corrected chi connectivity index (χ0v) is 10.9. The molecule has 1 amide bonds. The third-order valence-electron chi connectivity index (χ3n) is 3.14. The summed E-state index contributed by atoms with van der Waals surface area (Å²) in [4.78, 5) is 24.9. The number of carbonyl (C=O) groups excluding carboxylic acids is 2. The Kier molecular flexibility index (Phi) is 5.41. The van der Waals surface area contributed by atoms with Gasteiger partial charge >= 0.3 is 5.97 Å². The predicted octanol–water partition coefficient (Wildman–Crippen LogP) is 0.396. The highest BCUT2D eigenvalue weighted by molar-refractivity contribution is 5.82. The Balaban J connectivity index is 2.43. The maximum absolute atomic E-state index is 12.1. The lowest BCUT2D eigenvalue weighted by Crippen LogP contribution is -2.48. The highest BCUT2D eigenvalue weighted by Gasteiger charge is 2.25. The van der Waals surface area contributed by atoms with Crippen molar-refractivity contribution < 1.29 is 14.3 Å². The number of methoxy groups -OCH3 is 1. The second-order valence-electron chi connectivity index (χ2n) is 4.65. The summed E-state index contributed by atoms with van der Waals surface area (Å²) in [6.07, 6.45) is 3.10. The van der Waals surface area contributed by atoms with Gasteiger partial charge in [-0.05, 0) is 19.4 Å². The first-order valence-corrected chi connectivity index (χ1v) is 6.12. The van der Waals surface area contributed by atoms with Gasteiger partial charge in [-0.1, -0.05) is 13.3 Å². The lowest BCUT2D eigenvalue weighted by Gasteiger charge is -2.28. The molecule has 1 saturated heterocycles. The van der Waals surface area contributed by atoms with E-state index in [0.717, 1.165) is 25.8 Å². The lowest BCUT2D eigenvalue weighted by molar-refractivity contribution is -0.146. The number of hydrogen-bond acceptors (Lipinski definition) is 4. The number of ether oxygens (including phenoxy) is 1. The SMILES string of the molecule is COC(=O)C(C)CN(C)C(=O)[C@@H]1CCCCN1. The minimum Gasteiger partial charge on any atom is -0.469 e. The van der Waals surface area contributed by atoms with Crippen molar-refractivity contribution in [2.24, 2.45) is 5.92 Å². The second kappa shape index (κ2) is 6.59. The molecule has 1 heterocycles. The van der Waals surface area contributed by atoms with Crippen LogP contribution in [0.4, 0.5) is 0 Å². The van der Waals surface area contributed by atoms with Crippen LogP contribution < -0.4 is 5.32 Å². The molecule has 1 aliphatic rings. The van der Waals surface area contributed by atoms with Gasteiger partial charge in [-0.15, -0.1) is 0 Å². The van der Waals surface area contributed by atoms with Crippen LogP contribution in [0, 0.1) is 5.92 Å². The Bertz CT molecular complexity index is 275. The highest BCUT2D eigenvalue weighted by Crippen LogP contribution is 2.10. The van der Waals surface area contributed by atoms with Crippen molar-refractivity contribution in [3.8, 4) is 0 Å². The molecule has 1 fully saturated rings. The Morgan fingerprint density at radius 2 is 2.18 bits per heavy atom. The largest absolute Gasteiger partial charge is 0.469 e. The van der Waals surface area contributed by atoms with Crippen LogP contribution in [0.2, 0.25) is 0 Å². The maximum Gasteiger partial charge on any atom is 0.310 e. The van der Waals surface area contributed by atoms with Crippen molar-refractivity contribution in [1.82, 2.24) is 10.2 Å². The summed E-state index contributed by atoms with van der Waals surface area (Å²) < 4.78 is 4.65. The van der Waals surface area contributed by atoms with E-state index in [4.69, 9.17) is 0 Å². The molecule has 1 unspecified atom stereocenters. The number of hydrogen-bond donors (Lipinski definition) is 1. The van der Waals surface area contributed by atoms with Crippen LogP contribution in [-0.2, 0) is 14.3 Å². The maximum atomic E-state index is 12.1. The molecule has 0 saturated carbocycles. The molecule has 1 aliphatic heterocycles. The Hall–Kier alpha value is -1.10. The van der Waals surface area contributed by atoms with Crippen molar-refractivity contribution in [1.29, 1.82) is 0 Å². The van der Waals surface area contributed by atoms with Crippen LogP contribution in [0.15, 0.2) is 0 Å².